The van der Waals surface area contributed by atoms with Crippen LogP contribution in [-0.4, -0.2) is 9.97 Å². The second kappa shape index (κ2) is 8.50. The zero-order chi connectivity index (χ0) is 21.1. The van der Waals surface area contributed by atoms with Crippen LogP contribution in [0.5, 0.6) is 0 Å². The van der Waals surface area contributed by atoms with Crippen molar-refractivity contribution < 1.29 is 0 Å². The Morgan fingerprint density at radius 3 is 2.60 bits per heavy atom. The zero-order valence-corrected chi connectivity index (χ0v) is 17.8. The highest BCUT2D eigenvalue weighted by atomic mass is 14.8. The predicted molar refractivity (Wildman–Crippen MR) is 128 cm³/mol. The van der Waals surface area contributed by atoms with Gasteiger partial charge in [0.2, 0.25) is 0 Å². The van der Waals surface area contributed by atoms with Gasteiger partial charge in [-0.25, -0.2) is 4.98 Å². The molecular weight excluding hydrogens is 366 g/mol. The van der Waals surface area contributed by atoms with E-state index < -0.39 is 0 Å². The maximum absolute atomic E-state index is 6.24. The first-order valence-electron chi connectivity index (χ1n) is 10.4. The molecule has 3 nitrogen and oxygen atoms in total. The molecular formula is C27H27N3. The molecule has 0 saturated heterocycles. The van der Waals surface area contributed by atoms with Crippen LogP contribution in [0.1, 0.15) is 36.1 Å². The van der Waals surface area contributed by atoms with E-state index in [-0.39, 0.29) is 0 Å². The van der Waals surface area contributed by atoms with E-state index in [1.165, 1.54) is 22.3 Å². The van der Waals surface area contributed by atoms with Crippen molar-refractivity contribution in [3.05, 3.63) is 89.2 Å². The molecule has 2 heterocycles. The molecule has 4 rings (SSSR count). The van der Waals surface area contributed by atoms with Crippen molar-refractivity contribution in [2.45, 2.75) is 27.2 Å². The molecule has 30 heavy (non-hydrogen) atoms. The summed E-state index contributed by atoms with van der Waals surface area (Å²) in [7, 11) is 0. The summed E-state index contributed by atoms with van der Waals surface area (Å²) < 4.78 is 0. The maximum Gasteiger partial charge on any atom is 0.131 e. The number of nitrogens with zero attached hydrogens (tertiary/aromatic N) is 2. The normalized spacial score (nSPS) is 11.6. The number of fused-ring (bicyclic) bond motifs is 1. The molecule has 0 spiro atoms. The van der Waals surface area contributed by atoms with Crippen molar-refractivity contribution in [1.29, 1.82) is 0 Å². The Morgan fingerprint density at radius 1 is 0.967 bits per heavy atom. The largest absolute Gasteiger partial charge is 0.383 e. The summed E-state index contributed by atoms with van der Waals surface area (Å²) in [5.74, 6) is 1.14. The average Bonchev–Trinajstić information content (AvgIpc) is 2.72. The minimum absolute atomic E-state index is 0.536. The molecule has 4 aromatic rings. The van der Waals surface area contributed by atoms with Gasteiger partial charge in [0.25, 0.3) is 0 Å². The first-order chi connectivity index (χ1) is 14.5. The molecule has 0 fully saturated rings. The minimum atomic E-state index is 0.536. The van der Waals surface area contributed by atoms with Gasteiger partial charge < -0.3 is 5.73 Å². The van der Waals surface area contributed by atoms with E-state index in [2.05, 4.69) is 85.3 Å². The molecule has 2 aromatic carbocycles. The van der Waals surface area contributed by atoms with Crippen LogP contribution >= 0.6 is 0 Å². The maximum atomic E-state index is 6.24. The SMILES string of the molecule is Cc1ccccc1-c1ccc2nc(N)c(C=Cc3cncc(CC(C)C)c3)cc2c1. The Hall–Kier alpha value is -3.46. The molecule has 0 aliphatic heterocycles. The van der Waals surface area contributed by atoms with Gasteiger partial charge in [-0.05, 0) is 71.3 Å². The van der Waals surface area contributed by atoms with Crippen LogP contribution in [-0.2, 0) is 6.42 Å². The lowest BCUT2D eigenvalue weighted by atomic mass is 9.98. The molecule has 2 aromatic heterocycles. The van der Waals surface area contributed by atoms with E-state index >= 15 is 0 Å². The molecule has 0 amide bonds. The van der Waals surface area contributed by atoms with Crippen molar-refractivity contribution >= 4 is 28.9 Å². The third-order valence-corrected chi connectivity index (χ3v) is 5.25. The fourth-order valence-electron chi connectivity index (χ4n) is 3.77. The standard InChI is InChI=1S/C27H27N3/c1-18(2)12-21-13-20(16-29-17-21)8-9-23-15-24-14-22(10-11-26(24)30-27(23)28)25-7-5-4-6-19(25)3/h4-11,13-18H,12H2,1-3H3,(H2,28,30). The van der Waals surface area contributed by atoms with Gasteiger partial charge in [-0.3, -0.25) is 4.98 Å². The lowest BCUT2D eigenvalue weighted by Gasteiger charge is -2.09. The lowest BCUT2D eigenvalue weighted by molar-refractivity contribution is 0.645. The number of aryl methyl sites for hydroxylation is 1. The second-order valence-corrected chi connectivity index (χ2v) is 8.24. The Labute approximate surface area is 178 Å². The average molecular weight is 394 g/mol. The molecule has 0 atom stereocenters. The number of hydrogen-bond acceptors (Lipinski definition) is 3. The number of nitrogen functional groups attached to an aromatic ring is 1. The Kier molecular flexibility index (Phi) is 5.62. The first-order valence-corrected chi connectivity index (χ1v) is 10.4. The minimum Gasteiger partial charge on any atom is -0.383 e. The summed E-state index contributed by atoms with van der Waals surface area (Å²) in [6.07, 6.45) is 8.92. The zero-order valence-electron chi connectivity index (χ0n) is 17.8. The highest BCUT2D eigenvalue weighted by molar-refractivity contribution is 5.90. The summed E-state index contributed by atoms with van der Waals surface area (Å²) in [4.78, 5) is 8.99. The van der Waals surface area contributed by atoms with Gasteiger partial charge in [0, 0.05) is 23.3 Å². The smallest absolute Gasteiger partial charge is 0.131 e. The van der Waals surface area contributed by atoms with E-state index in [0.29, 0.717) is 11.7 Å². The van der Waals surface area contributed by atoms with Crippen LogP contribution < -0.4 is 5.73 Å². The van der Waals surface area contributed by atoms with Crippen molar-refractivity contribution in [3.63, 3.8) is 0 Å². The van der Waals surface area contributed by atoms with Gasteiger partial charge in [0.15, 0.2) is 0 Å². The van der Waals surface area contributed by atoms with E-state index in [4.69, 9.17) is 5.73 Å². The van der Waals surface area contributed by atoms with Gasteiger partial charge in [0.1, 0.15) is 5.82 Å². The number of benzene rings is 2. The second-order valence-electron chi connectivity index (χ2n) is 8.24. The highest BCUT2D eigenvalue weighted by Gasteiger charge is 2.06. The van der Waals surface area contributed by atoms with Crippen molar-refractivity contribution in [2.24, 2.45) is 5.92 Å². The molecule has 0 aliphatic rings. The fourth-order valence-corrected chi connectivity index (χ4v) is 3.77. The molecule has 0 saturated carbocycles. The van der Waals surface area contributed by atoms with Crippen molar-refractivity contribution in [3.8, 4) is 11.1 Å². The van der Waals surface area contributed by atoms with Crippen LogP contribution in [0, 0.1) is 12.8 Å². The molecule has 0 unspecified atom stereocenters. The summed E-state index contributed by atoms with van der Waals surface area (Å²) in [5, 5.41) is 1.08. The van der Waals surface area contributed by atoms with Crippen LogP contribution in [0.3, 0.4) is 0 Å². The van der Waals surface area contributed by atoms with E-state index in [1.54, 1.807) is 0 Å². The number of pyridine rings is 2. The quantitative estimate of drug-likeness (QED) is 0.418. The fraction of sp³-hybridized carbons (Fsp3) is 0.185. The molecule has 0 aliphatic carbocycles. The number of aromatic nitrogens is 2. The van der Waals surface area contributed by atoms with E-state index in [1.807, 2.05) is 24.5 Å². The summed E-state index contributed by atoms with van der Waals surface area (Å²) >= 11 is 0. The van der Waals surface area contributed by atoms with E-state index in [0.717, 1.165) is 28.5 Å². The number of rotatable bonds is 5. The van der Waals surface area contributed by atoms with Gasteiger partial charge in [-0.15, -0.1) is 0 Å². The van der Waals surface area contributed by atoms with Gasteiger partial charge in [-0.1, -0.05) is 56.3 Å². The van der Waals surface area contributed by atoms with Gasteiger partial charge >= 0.3 is 0 Å². The predicted octanol–water partition coefficient (Wildman–Crippen LogP) is 6.56. The summed E-state index contributed by atoms with van der Waals surface area (Å²) in [6, 6.07) is 19.1. The third-order valence-electron chi connectivity index (χ3n) is 5.25. The van der Waals surface area contributed by atoms with Crippen molar-refractivity contribution in [1.82, 2.24) is 9.97 Å². The Bertz CT molecular complexity index is 1220. The number of hydrogen-bond donors (Lipinski definition) is 1. The molecule has 0 radical (unpaired) electrons. The third kappa shape index (κ3) is 4.41. The monoisotopic (exact) mass is 393 g/mol. The highest BCUT2D eigenvalue weighted by Crippen LogP contribution is 2.28. The topological polar surface area (TPSA) is 51.8 Å². The van der Waals surface area contributed by atoms with E-state index in [9.17, 15) is 0 Å². The van der Waals surface area contributed by atoms with Crippen LogP contribution in [0.2, 0.25) is 0 Å². The summed E-state index contributed by atoms with van der Waals surface area (Å²) in [6.45, 7) is 6.57. The Balaban J connectivity index is 1.68. The molecule has 150 valence electrons. The first kappa shape index (κ1) is 19.8. The molecule has 3 heteroatoms. The molecule has 0 bridgehead atoms. The number of anilines is 1. The van der Waals surface area contributed by atoms with Crippen LogP contribution in [0.4, 0.5) is 5.82 Å². The van der Waals surface area contributed by atoms with Crippen LogP contribution in [0.15, 0.2) is 67.0 Å². The number of nitrogens with two attached hydrogens (primary N) is 1. The van der Waals surface area contributed by atoms with Gasteiger partial charge in [0.05, 0.1) is 5.52 Å². The lowest BCUT2D eigenvalue weighted by Crippen LogP contribution is -1.96. The van der Waals surface area contributed by atoms with Gasteiger partial charge in [-0.2, -0.15) is 0 Å². The summed E-state index contributed by atoms with van der Waals surface area (Å²) in [5.41, 5.74) is 14.1. The molecule has 2 N–H and O–H groups in total. The van der Waals surface area contributed by atoms with Crippen LogP contribution in [0.25, 0.3) is 34.2 Å². The van der Waals surface area contributed by atoms with Crippen molar-refractivity contribution in [2.75, 3.05) is 5.73 Å². The Morgan fingerprint density at radius 2 is 1.80 bits per heavy atom.